The normalized spacial score (nSPS) is 17.9. The number of carbonyl (C=O) groups is 2. The quantitative estimate of drug-likeness (QED) is 0.260. The van der Waals surface area contributed by atoms with Gasteiger partial charge in [0.25, 0.3) is 11.4 Å². The van der Waals surface area contributed by atoms with Crippen molar-refractivity contribution >= 4 is 34.6 Å². The number of benzene rings is 2. The number of nitrogens with one attached hydrogen (secondary N) is 2. The van der Waals surface area contributed by atoms with E-state index in [4.69, 9.17) is 0 Å². The van der Waals surface area contributed by atoms with Crippen molar-refractivity contribution in [3.05, 3.63) is 67.8 Å². The van der Waals surface area contributed by atoms with E-state index >= 15 is 0 Å². The van der Waals surface area contributed by atoms with Crippen LogP contribution in [0.2, 0.25) is 0 Å². The van der Waals surface area contributed by atoms with Crippen LogP contribution in [0.3, 0.4) is 0 Å². The SMILES string of the molecule is O=C(Nc1ccc([N+](=O)[O-])c(C(F)(F)F)c1)[C@@H]1CCCC[C@H]1C(=O)Nc1ccc([N+](=O)[O-])c(C(F)(F)F)c1. The van der Waals surface area contributed by atoms with Gasteiger partial charge in [-0.25, -0.2) is 0 Å². The molecule has 2 aromatic rings. The van der Waals surface area contributed by atoms with Crippen LogP contribution in [-0.2, 0) is 21.9 Å². The Morgan fingerprint density at radius 1 is 0.711 bits per heavy atom. The molecule has 3 rings (SSSR count). The predicted octanol–water partition coefficient (Wildman–Crippen LogP) is 5.92. The second-order valence-electron chi connectivity index (χ2n) is 8.45. The Morgan fingerprint density at radius 2 is 1.05 bits per heavy atom. The van der Waals surface area contributed by atoms with E-state index in [1.807, 2.05) is 0 Å². The van der Waals surface area contributed by atoms with Gasteiger partial charge in [-0.05, 0) is 37.1 Å². The number of nitro groups is 2. The first kappa shape index (κ1) is 28.3. The van der Waals surface area contributed by atoms with E-state index in [2.05, 4.69) is 10.6 Å². The monoisotopic (exact) mass is 548 g/mol. The Balaban J connectivity index is 1.82. The molecule has 38 heavy (non-hydrogen) atoms. The van der Waals surface area contributed by atoms with Gasteiger partial charge in [0.15, 0.2) is 0 Å². The van der Waals surface area contributed by atoms with E-state index in [1.54, 1.807) is 0 Å². The third-order valence-corrected chi connectivity index (χ3v) is 5.97. The highest BCUT2D eigenvalue weighted by Crippen LogP contribution is 2.40. The topological polar surface area (TPSA) is 144 Å². The van der Waals surface area contributed by atoms with Gasteiger partial charge in [0.05, 0.1) is 9.85 Å². The molecule has 204 valence electrons. The van der Waals surface area contributed by atoms with Crippen LogP contribution in [0.25, 0.3) is 0 Å². The van der Waals surface area contributed by atoms with Gasteiger partial charge in [-0.2, -0.15) is 26.3 Å². The first-order valence-corrected chi connectivity index (χ1v) is 10.9. The molecule has 0 spiro atoms. The lowest BCUT2D eigenvalue weighted by Gasteiger charge is -2.29. The molecule has 1 saturated carbocycles. The smallest absolute Gasteiger partial charge is 0.326 e. The molecule has 1 fully saturated rings. The van der Waals surface area contributed by atoms with Crippen LogP contribution >= 0.6 is 0 Å². The van der Waals surface area contributed by atoms with Gasteiger partial charge in [0.1, 0.15) is 11.1 Å². The van der Waals surface area contributed by atoms with Gasteiger partial charge in [0, 0.05) is 35.3 Å². The van der Waals surface area contributed by atoms with Crippen LogP contribution in [0, 0.1) is 32.1 Å². The molecular weight excluding hydrogens is 530 g/mol. The highest BCUT2D eigenvalue weighted by molar-refractivity contribution is 6.00. The van der Waals surface area contributed by atoms with Crippen LogP contribution < -0.4 is 10.6 Å². The summed E-state index contributed by atoms with van der Waals surface area (Å²) in [7, 11) is 0. The van der Waals surface area contributed by atoms with Crippen molar-refractivity contribution < 1.29 is 45.8 Å². The number of halogens is 6. The highest BCUT2D eigenvalue weighted by Gasteiger charge is 2.41. The summed E-state index contributed by atoms with van der Waals surface area (Å²) in [5.41, 5.74) is -6.40. The number of anilines is 2. The number of hydrogen-bond donors (Lipinski definition) is 2. The number of carbonyl (C=O) groups excluding carboxylic acids is 2. The lowest BCUT2D eigenvalue weighted by atomic mass is 9.78. The average Bonchev–Trinajstić information content (AvgIpc) is 2.82. The number of hydrogen-bond acceptors (Lipinski definition) is 6. The number of nitro benzene ring substituents is 2. The Hall–Kier alpha value is -4.24. The third kappa shape index (κ3) is 6.36. The first-order valence-electron chi connectivity index (χ1n) is 10.9. The molecule has 10 nitrogen and oxygen atoms in total. The van der Waals surface area contributed by atoms with E-state index < -0.39 is 79.7 Å². The van der Waals surface area contributed by atoms with Crippen LogP contribution in [0.15, 0.2) is 36.4 Å². The van der Waals surface area contributed by atoms with Crippen molar-refractivity contribution in [2.45, 2.75) is 38.0 Å². The van der Waals surface area contributed by atoms with Gasteiger partial charge in [-0.3, -0.25) is 29.8 Å². The molecule has 0 unspecified atom stereocenters. The molecule has 0 bridgehead atoms. The molecule has 0 aromatic heterocycles. The summed E-state index contributed by atoms with van der Waals surface area (Å²) in [4.78, 5) is 45.2. The fraction of sp³-hybridized carbons (Fsp3) is 0.364. The summed E-state index contributed by atoms with van der Waals surface area (Å²) < 4.78 is 79.5. The Kier molecular flexibility index (Phi) is 7.92. The van der Waals surface area contributed by atoms with Gasteiger partial charge < -0.3 is 10.6 Å². The fourth-order valence-corrected chi connectivity index (χ4v) is 4.23. The molecule has 0 aliphatic heterocycles. The minimum Gasteiger partial charge on any atom is -0.326 e. The number of amides is 2. The van der Waals surface area contributed by atoms with Crippen molar-refractivity contribution in [3.63, 3.8) is 0 Å². The summed E-state index contributed by atoms with van der Waals surface area (Å²) in [6.07, 6.45) is -8.95. The van der Waals surface area contributed by atoms with Crippen molar-refractivity contribution in [2.24, 2.45) is 11.8 Å². The molecule has 1 aliphatic rings. The van der Waals surface area contributed by atoms with E-state index in [-0.39, 0.29) is 12.8 Å². The zero-order valence-electron chi connectivity index (χ0n) is 19.1. The Labute approximate surface area is 209 Å². The maximum Gasteiger partial charge on any atom is 0.423 e. The second-order valence-corrected chi connectivity index (χ2v) is 8.45. The highest BCUT2D eigenvalue weighted by atomic mass is 19.4. The van der Waals surface area contributed by atoms with Crippen LogP contribution in [0.1, 0.15) is 36.8 Å². The molecule has 0 heterocycles. The largest absolute Gasteiger partial charge is 0.423 e. The van der Waals surface area contributed by atoms with Crippen molar-refractivity contribution in [3.8, 4) is 0 Å². The maximum atomic E-state index is 13.2. The maximum absolute atomic E-state index is 13.2. The third-order valence-electron chi connectivity index (χ3n) is 5.97. The van der Waals surface area contributed by atoms with Gasteiger partial charge in [0.2, 0.25) is 11.8 Å². The summed E-state index contributed by atoms with van der Waals surface area (Å²) in [6, 6.07) is 3.75. The standard InChI is InChI=1S/C22H18F6N4O6/c23-21(24,25)15-9-11(5-7-17(15)31(35)36)29-19(33)13-3-1-2-4-14(13)20(34)30-12-6-8-18(32(37)38)16(10-12)22(26,27)28/h5-10,13-14H,1-4H2,(H,29,33)(H,30,34)/t13-,14-/m1/s1. The van der Waals surface area contributed by atoms with Crippen molar-refractivity contribution in [1.82, 2.24) is 0 Å². The minimum absolute atomic E-state index is 0.136. The van der Waals surface area contributed by atoms with Gasteiger partial charge >= 0.3 is 12.4 Å². The number of rotatable bonds is 6. The summed E-state index contributed by atoms with van der Waals surface area (Å²) in [5, 5.41) is 26.3. The first-order chi connectivity index (χ1) is 17.6. The van der Waals surface area contributed by atoms with Crippen LogP contribution in [-0.4, -0.2) is 21.7 Å². The predicted molar refractivity (Wildman–Crippen MR) is 119 cm³/mol. The number of nitrogens with zero attached hydrogens (tertiary/aromatic N) is 2. The summed E-state index contributed by atoms with van der Waals surface area (Å²) in [5.74, 6) is -3.86. The molecule has 0 radical (unpaired) electrons. The van der Waals surface area contributed by atoms with Crippen molar-refractivity contribution in [1.29, 1.82) is 0 Å². The van der Waals surface area contributed by atoms with E-state index in [1.165, 1.54) is 0 Å². The van der Waals surface area contributed by atoms with Crippen LogP contribution in [0.5, 0.6) is 0 Å². The average molecular weight is 548 g/mol. The lowest BCUT2D eigenvalue weighted by Crippen LogP contribution is -2.38. The van der Waals surface area contributed by atoms with E-state index in [0.29, 0.717) is 37.1 Å². The molecule has 16 heteroatoms. The second kappa shape index (κ2) is 10.6. The zero-order chi connectivity index (χ0) is 28.4. The summed E-state index contributed by atoms with van der Waals surface area (Å²) >= 11 is 0. The van der Waals surface area contributed by atoms with E-state index in [9.17, 15) is 56.2 Å². The summed E-state index contributed by atoms with van der Waals surface area (Å²) in [6.45, 7) is 0. The minimum atomic E-state index is -5.09. The lowest BCUT2D eigenvalue weighted by molar-refractivity contribution is -0.388. The Bertz CT molecular complexity index is 1180. The van der Waals surface area contributed by atoms with Gasteiger partial charge in [-0.15, -0.1) is 0 Å². The molecule has 2 N–H and O–H groups in total. The molecule has 0 saturated heterocycles. The zero-order valence-corrected chi connectivity index (χ0v) is 19.1. The Morgan fingerprint density at radius 3 is 1.34 bits per heavy atom. The molecule has 2 atom stereocenters. The van der Waals surface area contributed by atoms with Gasteiger partial charge in [-0.1, -0.05) is 12.8 Å². The molecule has 1 aliphatic carbocycles. The fourth-order valence-electron chi connectivity index (χ4n) is 4.23. The molecule has 2 amide bonds. The van der Waals surface area contributed by atoms with Crippen LogP contribution in [0.4, 0.5) is 49.1 Å². The molecular formula is C22H18F6N4O6. The molecule has 2 aromatic carbocycles. The van der Waals surface area contributed by atoms with E-state index in [0.717, 1.165) is 12.1 Å². The van der Waals surface area contributed by atoms with Crippen molar-refractivity contribution in [2.75, 3.05) is 10.6 Å². The number of alkyl halides is 6.